The fraction of sp³-hybridized carbons (Fsp3) is 0.500. The zero-order chi connectivity index (χ0) is 19.7. The molecule has 146 valence electrons. The number of esters is 1. The molecule has 2 aliphatic heterocycles. The van der Waals surface area contributed by atoms with Crippen molar-refractivity contribution in [1.29, 1.82) is 0 Å². The number of aliphatic hydroxyl groups excluding tert-OH is 2. The Balaban J connectivity index is 2.04. The number of hydrogen-bond acceptors (Lipinski definition) is 8. The number of rotatable bonds is 5. The van der Waals surface area contributed by atoms with Crippen LogP contribution in [0.4, 0.5) is 0 Å². The number of benzene rings is 1. The molecule has 5 atom stereocenters. The number of fused-ring (bicyclic) bond motifs is 1. The summed E-state index contributed by atoms with van der Waals surface area (Å²) in [6, 6.07) is 5.39. The molecule has 2 N–H and O–H groups in total. The van der Waals surface area contributed by atoms with E-state index in [0.717, 1.165) is 4.90 Å². The van der Waals surface area contributed by atoms with Gasteiger partial charge in [0.05, 0.1) is 17.7 Å². The van der Waals surface area contributed by atoms with Crippen molar-refractivity contribution >= 4 is 29.5 Å². The second-order valence-corrected chi connectivity index (χ2v) is 7.64. The molecule has 1 aromatic carbocycles. The predicted octanol–water partition coefficient (Wildman–Crippen LogP) is 0.414. The van der Waals surface area contributed by atoms with Crippen LogP contribution in [0.25, 0.3) is 0 Å². The van der Waals surface area contributed by atoms with E-state index < -0.39 is 54.2 Å². The maximum atomic E-state index is 12.9. The summed E-state index contributed by atoms with van der Waals surface area (Å²) in [6.07, 6.45) is -3.59. The monoisotopic (exact) mass is 395 g/mol. The molecule has 27 heavy (non-hydrogen) atoms. The molecule has 0 aromatic heterocycles. The molecule has 0 bridgehead atoms. The molecule has 1 fully saturated rings. The third-order valence-electron chi connectivity index (χ3n) is 4.58. The SMILES string of the molecule is CCSC1OC(CO)[C@@H](O)[C@H](OC(C)=O)[C@@H]1N1C(=O)c2ccccc2C1=O. The standard InChI is InChI=1S/C18H21NO7S/c1-3-27-18-13(15(25-9(2)21)14(22)12(8-20)26-18)19-16(23)10-6-4-5-7-11(10)17(19)24/h4-7,12-15,18,20,22H,3,8H2,1-2H3/t12?,13-,14+,15+,18?/m0/s1. The minimum absolute atomic E-state index is 0.253. The third-order valence-corrected chi connectivity index (χ3v) is 5.63. The topological polar surface area (TPSA) is 113 Å². The first-order valence-corrected chi connectivity index (χ1v) is 9.65. The maximum absolute atomic E-state index is 12.9. The van der Waals surface area contributed by atoms with E-state index in [1.54, 1.807) is 24.3 Å². The van der Waals surface area contributed by atoms with E-state index in [0.29, 0.717) is 5.75 Å². The number of thioether (sulfide) groups is 1. The van der Waals surface area contributed by atoms with Crippen molar-refractivity contribution in [2.45, 2.75) is 43.6 Å². The normalized spacial score (nSPS) is 30.4. The van der Waals surface area contributed by atoms with E-state index in [4.69, 9.17) is 9.47 Å². The number of nitrogens with zero attached hydrogens (tertiary/aromatic N) is 1. The van der Waals surface area contributed by atoms with E-state index in [1.165, 1.54) is 18.7 Å². The lowest BCUT2D eigenvalue weighted by atomic mass is 9.96. The van der Waals surface area contributed by atoms with Gasteiger partial charge < -0.3 is 19.7 Å². The first-order valence-electron chi connectivity index (χ1n) is 8.60. The molecule has 0 aliphatic carbocycles. The summed E-state index contributed by atoms with van der Waals surface area (Å²) >= 11 is 1.30. The van der Waals surface area contributed by atoms with Gasteiger partial charge in [0.25, 0.3) is 11.8 Å². The summed E-state index contributed by atoms with van der Waals surface area (Å²) in [5.41, 5.74) is -0.256. The summed E-state index contributed by atoms with van der Waals surface area (Å²) in [4.78, 5) is 38.5. The highest BCUT2D eigenvalue weighted by atomic mass is 32.2. The Labute approximate surface area is 160 Å². The quantitative estimate of drug-likeness (QED) is 0.545. The average molecular weight is 395 g/mol. The van der Waals surface area contributed by atoms with Gasteiger partial charge in [-0.2, -0.15) is 0 Å². The molecule has 2 unspecified atom stereocenters. The van der Waals surface area contributed by atoms with Crippen LogP contribution in [0.15, 0.2) is 24.3 Å². The van der Waals surface area contributed by atoms with Gasteiger partial charge in [0.1, 0.15) is 23.7 Å². The van der Waals surface area contributed by atoms with Crippen LogP contribution in [0.2, 0.25) is 0 Å². The minimum Gasteiger partial charge on any atom is -0.457 e. The molecule has 2 amide bonds. The molecule has 0 saturated carbocycles. The van der Waals surface area contributed by atoms with Crippen LogP contribution in [0.3, 0.4) is 0 Å². The van der Waals surface area contributed by atoms with Gasteiger partial charge in [-0.05, 0) is 17.9 Å². The van der Waals surface area contributed by atoms with Crippen LogP contribution in [0.5, 0.6) is 0 Å². The Bertz CT molecular complexity index is 720. The Morgan fingerprint density at radius 2 is 1.85 bits per heavy atom. The Hall–Kier alpha value is -1.94. The smallest absolute Gasteiger partial charge is 0.303 e. The van der Waals surface area contributed by atoms with Crippen molar-refractivity contribution in [1.82, 2.24) is 4.90 Å². The van der Waals surface area contributed by atoms with Crippen LogP contribution >= 0.6 is 11.8 Å². The fourth-order valence-corrected chi connectivity index (χ4v) is 4.46. The molecule has 8 nitrogen and oxygen atoms in total. The summed E-state index contributed by atoms with van der Waals surface area (Å²) in [5.74, 6) is -1.14. The first-order chi connectivity index (χ1) is 12.9. The lowest BCUT2D eigenvalue weighted by Gasteiger charge is -2.46. The number of amides is 2. The Morgan fingerprint density at radius 1 is 1.26 bits per heavy atom. The van der Waals surface area contributed by atoms with Crippen LogP contribution in [0.1, 0.15) is 34.6 Å². The number of ether oxygens (including phenoxy) is 2. The first kappa shape index (κ1) is 19.8. The predicted molar refractivity (Wildman–Crippen MR) is 96.2 cm³/mol. The zero-order valence-corrected chi connectivity index (χ0v) is 15.7. The maximum Gasteiger partial charge on any atom is 0.303 e. The van der Waals surface area contributed by atoms with Gasteiger partial charge in [-0.25, -0.2) is 0 Å². The third kappa shape index (κ3) is 3.47. The molecule has 2 aliphatic rings. The molecule has 2 heterocycles. The number of carbonyl (C=O) groups excluding carboxylic acids is 3. The van der Waals surface area contributed by atoms with Crippen molar-refractivity contribution < 1.29 is 34.1 Å². The summed E-state index contributed by atoms with van der Waals surface area (Å²) in [5, 5.41) is 20.1. The molecular weight excluding hydrogens is 374 g/mol. The lowest BCUT2D eigenvalue weighted by Crippen LogP contribution is -2.65. The van der Waals surface area contributed by atoms with Crippen LogP contribution in [0, 0.1) is 0 Å². The number of hydrogen-bond donors (Lipinski definition) is 2. The second-order valence-electron chi connectivity index (χ2n) is 6.26. The minimum atomic E-state index is -1.39. The zero-order valence-electron chi connectivity index (χ0n) is 14.9. The van der Waals surface area contributed by atoms with Gasteiger partial charge in [0.15, 0.2) is 6.10 Å². The van der Waals surface area contributed by atoms with Crippen molar-refractivity contribution in [3.63, 3.8) is 0 Å². The molecule has 1 saturated heterocycles. The highest BCUT2D eigenvalue weighted by Crippen LogP contribution is 2.37. The Morgan fingerprint density at radius 3 is 2.33 bits per heavy atom. The fourth-order valence-electron chi connectivity index (χ4n) is 3.43. The molecule has 3 rings (SSSR count). The van der Waals surface area contributed by atoms with E-state index in [-0.39, 0.29) is 11.1 Å². The van der Waals surface area contributed by atoms with Crippen LogP contribution in [-0.2, 0) is 14.3 Å². The molecule has 1 aromatic rings. The van der Waals surface area contributed by atoms with Crippen molar-refractivity contribution in [3.8, 4) is 0 Å². The summed E-state index contributed by atoms with van der Waals surface area (Å²) in [7, 11) is 0. The highest BCUT2D eigenvalue weighted by molar-refractivity contribution is 7.99. The van der Waals surface area contributed by atoms with E-state index >= 15 is 0 Å². The van der Waals surface area contributed by atoms with Crippen molar-refractivity contribution in [2.75, 3.05) is 12.4 Å². The number of carbonyl (C=O) groups is 3. The number of aliphatic hydroxyl groups is 2. The average Bonchev–Trinajstić information content (AvgIpc) is 2.89. The van der Waals surface area contributed by atoms with Crippen molar-refractivity contribution in [3.05, 3.63) is 35.4 Å². The second kappa shape index (κ2) is 7.97. The van der Waals surface area contributed by atoms with Crippen LogP contribution in [-0.4, -0.2) is 75.0 Å². The van der Waals surface area contributed by atoms with Crippen LogP contribution < -0.4 is 0 Å². The van der Waals surface area contributed by atoms with Gasteiger partial charge in [0, 0.05) is 6.92 Å². The molecule has 0 radical (unpaired) electrons. The van der Waals surface area contributed by atoms with Gasteiger partial charge in [-0.3, -0.25) is 19.3 Å². The van der Waals surface area contributed by atoms with E-state index in [1.807, 2.05) is 6.92 Å². The molecule has 0 spiro atoms. The molecule has 9 heteroatoms. The summed E-state index contributed by atoms with van der Waals surface area (Å²) < 4.78 is 11.0. The summed E-state index contributed by atoms with van der Waals surface area (Å²) in [6.45, 7) is 2.55. The largest absolute Gasteiger partial charge is 0.457 e. The highest BCUT2D eigenvalue weighted by Gasteiger charge is 2.54. The lowest BCUT2D eigenvalue weighted by molar-refractivity contribution is -0.201. The van der Waals surface area contributed by atoms with E-state index in [9.17, 15) is 24.6 Å². The van der Waals surface area contributed by atoms with E-state index in [2.05, 4.69) is 0 Å². The van der Waals surface area contributed by atoms with Gasteiger partial charge in [0.2, 0.25) is 0 Å². The Kier molecular flexibility index (Phi) is 5.85. The van der Waals surface area contributed by atoms with Gasteiger partial charge in [-0.1, -0.05) is 19.1 Å². The number of imide groups is 1. The molecular formula is C18H21NO7S. The van der Waals surface area contributed by atoms with Gasteiger partial charge in [-0.15, -0.1) is 11.8 Å². The van der Waals surface area contributed by atoms with Gasteiger partial charge >= 0.3 is 5.97 Å². The van der Waals surface area contributed by atoms with Crippen molar-refractivity contribution in [2.24, 2.45) is 0 Å².